The molecule has 3 amide bonds. The van der Waals surface area contributed by atoms with Gasteiger partial charge in [0.05, 0.1) is 13.2 Å². The summed E-state index contributed by atoms with van der Waals surface area (Å²) < 4.78 is 7.77. The summed E-state index contributed by atoms with van der Waals surface area (Å²) in [5, 5.41) is 2.86. The molecule has 7 heteroatoms. The lowest BCUT2D eigenvalue weighted by atomic mass is 9.84. The molecule has 0 saturated carbocycles. The van der Waals surface area contributed by atoms with Crippen LogP contribution in [0, 0.1) is 13.8 Å². The van der Waals surface area contributed by atoms with Gasteiger partial charge in [-0.05, 0) is 68.5 Å². The van der Waals surface area contributed by atoms with Crippen molar-refractivity contribution in [1.29, 1.82) is 0 Å². The van der Waals surface area contributed by atoms with Gasteiger partial charge in [0.2, 0.25) is 0 Å². The van der Waals surface area contributed by atoms with Gasteiger partial charge >= 0.3 is 6.03 Å². The number of rotatable bonds is 4. The van der Waals surface area contributed by atoms with Gasteiger partial charge in [0.1, 0.15) is 5.75 Å². The lowest BCUT2D eigenvalue weighted by Crippen LogP contribution is -2.47. The average Bonchev–Trinajstić information content (AvgIpc) is 3.50. The van der Waals surface area contributed by atoms with Gasteiger partial charge in [-0.3, -0.25) is 14.5 Å². The number of carbonyl (C=O) groups is 3. The first kappa shape index (κ1) is 21.6. The maximum absolute atomic E-state index is 13.5. The zero-order valence-corrected chi connectivity index (χ0v) is 19.9. The number of urea groups is 1. The van der Waals surface area contributed by atoms with E-state index in [-0.39, 0.29) is 12.3 Å². The van der Waals surface area contributed by atoms with Gasteiger partial charge in [0.15, 0.2) is 11.3 Å². The molecule has 6 rings (SSSR count). The minimum absolute atomic E-state index is 0.258. The van der Waals surface area contributed by atoms with Gasteiger partial charge < -0.3 is 14.6 Å². The largest absolute Gasteiger partial charge is 0.493 e. The van der Waals surface area contributed by atoms with Gasteiger partial charge in [0, 0.05) is 34.6 Å². The third-order valence-corrected chi connectivity index (χ3v) is 7.63. The first-order chi connectivity index (χ1) is 16.9. The zero-order chi connectivity index (χ0) is 24.3. The highest BCUT2D eigenvalue weighted by molar-refractivity contribution is 6.12. The van der Waals surface area contributed by atoms with E-state index in [1.165, 1.54) is 17.5 Å². The lowest BCUT2D eigenvalue weighted by Gasteiger charge is -2.33. The predicted octanol–water partition coefficient (Wildman–Crippen LogP) is 4.00. The van der Waals surface area contributed by atoms with Crippen LogP contribution in [-0.2, 0) is 23.2 Å². The molecule has 35 heavy (non-hydrogen) atoms. The monoisotopic (exact) mass is 469 g/mol. The van der Waals surface area contributed by atoms with Crippen LogP contribution in [0.15, 0.2) is 48.5 Å². The zero-order valence-electron chi connectivity index (χ0n) is 19.9. The van der Waals surface area contributed by atoms with E-state index >= 15 is 0 Å². The van der Waals surface area contributed by atoms with Crippen molar-refractivity contribution in [2.75, 3.05) is 13.2 Å². The van der Waals surface area contributed by atoms with E-state index in [0.29, 0.717) is 29.9 Å². The van der Waals surface area contributed by atoms with E-state index in [9.17, 15) is 14.4 Å². The molecule has 1 atom stereocenters. The number of ether oxygens (including phenoxy) is 1. The fraction of sp³-hybridized carbons (Fsp3) is 0.321. The first-order valence-corrected chi connectivity index (χ1v) is 12.1. The molecule has 1 saturated heterocycles. The third-order valence-electron chi connectivity index (χ3n) is 7.63. The van der Waals surface area contributed by atoms with E-state index in [1.54, 1.807) is 12.1 Å². The van der Waals surface area contributed by atoms with Crippen molar-refractivity contribution in [3.63, 3.8) is 0 Å². The quantitative estimate of drug-likeness (QED) is 0.463. The molecule has 3 aromatic rings. The number of amides is 3. The first-order valence-electron chi connectivity index (χ1n) is 12.1. The molecule has 0 bridgehead atoms. The topological polar surface area (TPSA) is 80.6 Å². The van der Waals surface area contributed by atoms with Crippen molar-refractivity contribution in [1.82, 2.24) is 14.8 Å². The maximum Gasteiger partial charge on any atom is 0.325 e. The molecule has 3 aliphatic rings. The van der Waals surface area contributed by atoms with Crippen LogP contribution in [0.1, 0.15) is 51.3 Å². The SMILES string of the molecule is Cc1cc(C(=O)CN2C(=O)N[C@]3(CCOc4ccccc43)C2=O)c(C)n1-c1ccc2c(c1)CCC2. The minimum atomic E-state index is -1.19. The Labute approximate surface area is 203 Å². The van der Waals surface area contributed by atoms with Crippen LogP contribution in [-0.4, -0.2) is 40.3 Å². The Morgan fingerprint density at radius 2 is 1.86 bits per heavy atom. The molecule has 1 N–H and O–H groups in total. The number of aryl methyl sites for hydroxylation is 3. The van der Waals surface area contributed by atoms with Crippen molar-refractivity contribution in [2.24, 2.45) is 0 Å². The molecule has 178 valence electrons. The third kappa shape index (κ3) is 3.21. The Morgan fingerprint density at radius 1 is 1.06 bits per heavy atom. The summed E-state index contributed by atoms with van der Waals surface area (Å²) >= 11 is 0. The molecule has 1 aromatic heterocycles. The predicted molar refractivity (Wildman–Crippen MR) is 130 cm³/mol. The maximum atomic E-state index is 13.5. The second kappa shape index (κ2) is 7.83. The summed E-state index contributed by atoms with van der Waals surface area (Å²) in [6.07, 6.45) is 3.70. The van der Waals surface area contributed by atoms with E-state index in [2.05, 4.69) is 28.1 Å². The van der Waals surface area contributed by atoms with Crippen molar-refractivity contribution in [2.45, 2.75) is 45.1 Å². The van der Waals surface area contributed by atoms with Crippen LogP contribution in [0.3, 0.4) is 0 Å². The molecule has 7 nitrogen and oxygen atoms in total. The number of fused-ring (bicyclic) bond motifs is 3. The van der Waals surface area contributed by atoms with E-state index < -0.39 is 17.5 Å². The van der Waals surface area contributed by atoms with Crippen molar-refractivity contribution in [3.8, 4) is 11.4 Å². The Bertz CT molecular complexity index is 1410. The minimum Gasteiger partial charge on any atom is -0.493 e. The van der Waals surface area contributed by atoms with Gasteiger partial charge in [-0.25, -0.2) is 4.79 Å². The van der Waals surface area contributed by atoms with E-state index in [1.807, 2.05) is 32.0 Å². The van der Waals surface area contributed by atoms with Crippen molar-refractivity contribution < 1.29 is 19.1 Å². The van der Waals surface area contributed by atoms with Crippen molar-refractivity contribution in [3.05, 3.63) is 82.2 Å². The Kier molecular flexibility index (Phi) is 4.85. The van der Waals surface area contributed by atoms with Gasteiger partial charge in [-0.2, -0.15) is 0 Å². The number of hydrogen-bond acceptors (Lipinski definition) is 4. The van der Waals surface area contributed by atoms with Crippen LogP contribution in [0.2, 0.25) is 0 Å². The Morgan fingerprint density at radius 3 is 2.71 bits per heavy atom. The number of ketones is 1. The fourth-order valence-electron chi connectivity index (χ4n) is 5.88. The molecule has 2 aromatic carbocycles. The number of carbonyl (C=O) groups excluding carboxylic acids is 3. The number of benzene rings is 2. The molecule has 3 heterocycles. The standard InChI is InChI=1S/C28H27N3O4/c1-17-14-22(18(2)31(17)21-11-10-19-6-5-7-20(19)15-21)24(32)16-30-26(33)28(29-27(30)34)12-13-35-25-9-4-3-8-23(25)28/h3-4,8-11,14-15H,5-7,12-13,16H2,1-2H3,(H,29,34)/t28-/m0/s1. The van der Waals surface area contributed by atoms with Crippen LogP contribution >= 0.6 is 0 Å². The number of Topliss-reactive ketones (excluding diaryl/α,β-unsaturated/α-hetero) is 1. The molecule has 0 unspecified atom stereocenters. The smallest absolute Gasteiger partial charge is 0.325 e. The van der Waals surface area contributed by atoms with Gasteiger partial charge in [-0.15, -0.1) is 0 Å². The van der Waals surface area contributed by atoms with E-state index in [0.717, 1.165) is 34.8 Å². The number of imide groups is 1. The second-order valence-electron chi connectivity index (χ2n) is 9.67. The summed E-state index contributed by atoms with van der Waals surface area (Å²) in [7, 11) is 0. The summed E-state index contributed by atoms with van der Waals surface area (Å²) in [5.74, 6) is -0.0797. The fourth-order valence-corrected chi connectivity index (χ4v) is 5.88. The molecular weight excluding hydrogens is 442 g/mol. The van der Waals surface area contributed by atoms with Gasteiger partial charge in [-0.1, -0.05) is 24.3 Å². The molecular formula is C28H27N3O4. The summed E-state index contributed by atoms with van der Waals surface area (Å²) in [4.78, 5) is 40.9. The number of nitrogens with one attached hydrogen (secondary N) is 1. The number of hydrogen-bond donors (Lipinski definition) is 1. The van der Waals surface area contributed by atoms with Gasteiger partial charge in [0.25, 0.3) is 5.91 Å². The summed E-state index contributed by atoms with van der Waals surface area (Å²) in [6.45, 7) is 3.89. The average molecular weight is 470 g/mol. The Hall–Kier alpha value is -3.87. The summed E-state index contributed by atoms with van der Waals surface area (Å²) in [5.41, 5.74) is 5.52. The molecule has 2 aliphatic heterocycles. The molecule has 0 radical (unpaired) electrons. The lowest BCUT2D eigenvalue weighted by molar-refractivity contribution is -0.132. The molecule has 1 aliphatic carbocycles. The number of para-hydroxylation sites is 1. The number of nitrogens with zero attached hydrogens (tertiary/aromatic N) is 2. The highest BCUT2D eigenvalue weighted by Gasteiger charge is 2.55. The molecule has 1 spiro atoms. The molecule has 1 fully saturated rings. The van der Waals surface area contributed by atoms with Crippen LogP contribution in [0.4, 0.5) is 4.79 Å². The highest BCUT2D eigenvalue weighted by Crippen LogP contribution is 2.41. The second-order valence-corrected chi connectivity index (χ2v) is 9.67. The van der Waals surface area contributed by atoms with Crippen molar-refractivity contribution >= 4 is 17.7 Å². The van der Waals surface area contributed by atoms with Crippen LogP contribution in [0.25, 0.3) is 5.69 Å². The number of aromatic nitrogens is 1. The van der Waals surface area contributed by atoms with Crippen LogP contribution in [0.5, 0.6) is 5.75 Å². The summed E-state index contributed by atoms with van der Waals surface area (Å²) in [6, 6.07) is 15.0. The Balaban J connectivity index is 1.29. The van der Waals surface area contributed by atoms with Crippen LogP contribution < -0.4 is 10.1 Å². The van der Waals surface area contributed by atoms with E-state index in [4.69, 9.17) is 4.74 Å². The highest BCUT2D eigenvalue weighted by atomic mass is 16.5. The normalized spacial score (nSPS) is 20.6.